The largest absolute Gasteiger partial charge is 0.431 e. The maximum atomic E-state index is 13.4. The predicted molar refractivity (Wildman–Crippen MR) is 139 cm³/mol. The molecule has 0 bridgehead atoms. The summed E-state index contributed by atoms with van der Waals surface area (Å²) in [6, 6.07) is 3.21. The quantitative estimate of drug-likeness (QED) is 0.186. The van der Waals surface area contributed by atoms with Gasteiger partial charge in [0.2, 0.25) is 0 Å². The van der Waals surface area contributed by atoms with Crippen molar-refractivity contribution in [3.63, 3.8) is 0 Å². The SMILES string of the molecule is C[C@]12CC[C@H]3[C@@H](CC[C@]4(O[C@@H]5O[C@H](CO)[C@@H](O)[C@H](O)[C@H]5O)[C@@H]5O[C@@H]5CC[C@]34C=O)[C@@]1(O)CC[C@@H]2c1ccc(=O)oc1. The summed E-state index contributed by atoms with van der Waals surface area (Å²) in [6.07, 6.45) is -0.488. The van der Waals surface area contributed by atoms with Gasteiger partial charge in [-0.1, -0.05) is 6.92 Å². The summed E-state index contributed by atoms with van der Waals surface area (Å²) >= 11 is 0. The van der Waals surface area contributed by atoms with Gasteiger partial charge < -0.3 is 49.0 Å². The molecule has 6 aliphatic rings. The second-order valence-corrected chi connectivity index (χ2v) is 13.6. The van der Waals surface area contributed by atoms with Gasteiger partial charge in [-0.25, -0.2) is 4.79 Å². The fourth-order valence-corrected chi connectivity index (χ4v) is 10.1. The molecule has 0 unspecified atom stereocenters. The standard InChI is InChI=1S/C30H40O11/c1-27-8-4-17-18(29(27,37)10-5-16(27)15-2-3-21(33)38-13-15)6-11-30(25-19(39-25)7-9-28(17,30)14-32)41-26-24(36)23(35)22(34)20(12-31)40-26/h2-3,13-14,16-20,22-26,31,34-37H,4-12H2,1H3/t16-,17+,18-,19-,20-,22-,23+,24-,25-,26+,27-,28+,29+,30+/m1/s1. The molecule has 0 spiro atoms. The van der Waals surface area contributed by atoms with Gasteiger partial charge >= 0.3 is 5.63 Å². The average molecular weight is 577 g/mol. The minimum atomic E-state index is -1.60. The van der Waals surface area contributed by atoms with E-state index in [9.17, 15) is 35.1 Å². The van der Waals surface area contributed by atoms with E-state index in [2.05, 4.69) is 6.92 Å². The van der Waals surface area contributed by atoms with E-state index in [0.717, 1.165) is 18.3 Å². The van der Waals surface area contributed by atoms with Gasteiger partial charge in [-0.3, -0.25) is 0 Å². The first-order valence-electron chi connectivity index (χ1n) is 15.0. The van der Waals surface area contributed by atoms with E-state index in [1.54, 1.807) is 6.07 Å². The Labute approximate surface area is 237 Å². The fraction of sp³-hybridized carbons (Fsp3) is 0.800. The highest BCUT2D eigenvalue weighted by Gasteiger charge is 2.77. The minimum Gasteiger partial charge on any atom is -0.431 e. The summed E-state index contributed by atoms with van der Waals surface area (Å²) < 4.78 is 23.6. The number of aliphatic hydroxyl groups is 5. The smallest absolute Gasteiger partial charge is 0.335 e. The predicted octanol–water partition coefficient (Wildman–Crippen LogP) is 0.376. The Morgan fingerprint density at radius 1 is 0.976 bits per heavy atom. The van der Waals surface area contributed by atoms with Crippen molar-refractivity contribution in [2.75, 3.05) is 6.61 Å². The molecule has 2 saturated heterocycles. The Balaban J connectivity index is 1.24. The van der Waals surface area contributed by atoms with Gasteiger partial charge in [0.15, 0.2) is 6.29 Å². The third-order valence-corrected chi connectivity index (χ3v) is 12.3. The highest BCUT2D eigenvalue weighted by atomic mass is 16.7. The van der Waals surface area contributed by atoms with Crippen molar-refractivity contribution in [1.82, 2.24) is 0 Å². The van der Waals surface area contributed by atoms with Gasteiger partial charge in [0.25, 0.3) is 0 Å². The lowest BCUT2D eigenvalue weighted by Crippen LogP contribution is -2.72. The number of aldehydes is 1. The average Bonchev–Trinajstić information content (AvgIpc) is 3.72. The van der Waals surface area contributed by atoms with E-state index < -0.39 is 71.1 Å². The Hall–Kier alpha value is -1.70. The van der Waals surface area contributed by atoms with E-state index in [1.807, 2.05) is 0 Å². The van der Waals surface area contributed by atoms with Crippen molar-refractivity contribution in [2.24, 2.45) is 22.7 Å². The molecule has 4 aliphatic carbocycles. The number of aliphatic hydroxyl groups excluding tert-OH is 4. The zero-order valence-electron chi connectivity index (χ0n) is 23.1. The maximum absolute atomic E-state index is 13.4. The summed E-state index contributed by atoms with van der Waals surface area (Å²) in [5.41, 5.74) is -3.23. The lowest BCUT2D eigenvalue weighted by Gasteiger charge is -2.65. The van der Waals surface area contributed by atoms with E-state index in [1.165, 1.54) is 12.3 Å². The third-order valence-electron chi connectivity index (χ3n) is 12.3. The van der Waals surface area contributed by atoms with Crippen molar-refractivity contribution < 1.29 is 49.0 Å². The normalized spacial score (nSPS) is 53.9. The van der Waals surface area contributed by atoms with Crippen LogP contribution in [-0.2, 0) is 19.0 Å². The van der Waals surface area contributed by atoms with Crippen molar-refractivity contribution in [2.45, 2.75) is 118 Å². The zero-order chi connectivity index (χ0) is 28.9. The first-order valence-corrected chi connectivity index (χ1v) is 15.0. The molecule has 0 aromatic carbocycles. The molecule has 41 heavy (non-hydrogen) atoms. The van der Waals surface area contributed by atoms with Crippen LogP contribution in [0.3, 0.4) is 0 Å². The van der Waals surface area contributed by atoms with Crippen LogP contribution in [-0.4, -0.2) is 92.5 Å². The van der Waals surface area contributed by atoms with Crippen LogP contribution in [0.5, 0.6) is 0 Å². The van der Waals surface area contributed by atoms with Crippen LogP contribution in [0.25, 0.3) is 0 Å². The van der Waals surface area contributed by atoms with Gasteiger partial charge in [0, 0.05) is 11.5 Å². The van der Waals surface area contributed by atoms with Crippen molar-refractivity contribution >= 4 is 6.29 Å². The molecule has 6 fully saturated rings. The molecule has 3 heterocycles. The molecule has 0 radical (unpaired) electrons. The highest BCUT2D eigenvalue weighted by Crippen LogP contribution is 2.73. The van der Waals surface area contributed by atoms with Gasteiger partial charge in [0.1, 0.15) is 42.4 Å². The zero-order valence-corrected chi connectivity index (χ0v) is 23.1. The number of hydrogen-bond acceptors (Lipinski definition) is 11. The molecule has 1 aromatic heterocycles. The molecule has 4 saturated carbocycles. The summed E-state index contributed by atoms with van der Waals surface area (Å²) in [7, 11) is 0. The molecule has 0 amide bonds. The first-order chi connectivity index (χ1) is 19.5. The van der Waals surface area contributed by atoms with Gasteiger partial charge in [-0.2, -0.15) is 0 Å². The summed E-state index contributed by atoms with van der Waals surface area (Å²) in [6.45, 7) is 1.54. The van der Waals surface area contributed by atoms with Crippen LogP contribution in [0.2, 0.25) is 0 Å². The number of rotatable bonds is 5. The summed E-state index contributed by atoms with van der Waals surface area (Å²) in [5.74, 6) is -0.396. The van der Waals surface area contributed by atoms with Gasteiger partial charge in [-0.05, 0) is 80.8 Å². The van der Waals surface area contributed by atoms with E-state index in [-0.39, 0.29) is 23.9 Å². The van der Waals surface area contributed by atoms with Crippen LogP contribution in [0.4, 0.5) is 0 Å². The van der Waals surface area contributed by atoms with Crippen LogP contribution in [0.1, 0.15) is 69.8 Å². The van der Waals surface area contributed by atoms with E-state index in [4.69, 9.17) is 18.6 Å². The molecule has 2 aliphatic heterocycles. The number of ether oxygens (including phenoxy) is 3. The molecule has 11 nitrogen and oxygen atoms in total. The first kappa shape index (κ1) is 28.1. The molecule has 5 N–H and O–H groups in total. The number of hydrogen-bond donors (Lipinski definition) is 5. The Morgan fingerprint density at radius 2 is 1.76 bits per heavy atom. The van der Waals surface area contributed by atoms with E-state index >= 15 is 0 Å². The topological polar surface area (TPSA) is 179 Å². The molecule has 14 atom stereocenters. The lowest BCUT2D eigenvalue weighted by molar-refractivity contribution is -0.356. The summed E-state index contributed by atoms with van der Waals surface area (Å²) in [5, 5.41) is 53.9. The number of carbonyl (C=O) groups is 1. The third kappa shape index (κ3) is 3.61. The molecular formula is C30H40O11. The maximum Gasteiger partial charge on any atom is 0.335 e. The second kappa shape index (κ2) is 9.40. The lowest BCUT2D eigenvalue weighted by atomic mass is 9.41. The monoisotopic (exact) mass is 576 g/mol. The van der Waals surface area contributed by atoms with Crippen molar-refractivity contribution in [1.29, 1.82) is 0 Å². The number of epoxide rings is 1. The van der Waals surface area contributed by atoms with Gasteiger partial charge in [-0.15, -0.1) is 0 Å². The molecule has 7 rings (SSSR count). The second-order valence-electron chi connectivity index (χ2n) is 13.6. The fourth-order valence-electron chi connectivity index (χ4n) is 10.1. The van der Waals surface area contributed by atoms with Crippen LogP contribution in [0.15, 0.2) is 27.6 Å². The van der Waals surface area contributed by atoms with Crippen LogP contribution < -0.4 is 5.63 Å². The van der Waals surface area contributed by atoms with Crippen molar-refractivity contribution in [3.05, 3.63) is 34.4 Å². The highest BCUT2D eigenvalue weighted by molar-refractivity contribution is 5.65. The molecule has 1 aromatic rings. The van der Waals surface area contributed by atoms with Crippen LogP contribution in [0, 0.1) is 22.7 Å². The van der Waals surface area contributed by atoms with Gasteiger partial charge in [0.05, 0.1) is 30.0 Å². The Morgan fingerprint density at radius 3 is 2.46 bits per heavy atom. The number of fused-ring (bicyclic) bond motifs is 7. The Kier molecular flexibility index (Phi) is 6.44. The molecule has 11 heteroatoms. The molecule has 226 valence electrons. The summed E-state index contributed by atoms with van der Waals surface area (Å²) in [4.78, 5) is 25.0. The van der Waals surface area contributed by atoms with E-state index in [0.29, 0.717) is 44.9 Å². The molecular weight excluding hydrogens is 536 g/mol. The van der Waals surface area contributed by atoms with Crippen molar-refractivity contribution in [3.8, 4) is 0 Å². The Bertz CT molecular complexity index is 1230. The number of carbonyl (C=O) groups excluding carboxylic acids is 1. The van der Waals surface area contributed by atoms with Crippen LogP contribution >= 0.6 is 0 Å². The minimum absolute atomic E-state index is 0.00420.